The fourth-order valence-electron chi connectivity index (χ4n) is 4.16. The largest absolute Gasteiger partial charge is 0.469 e. The van der Waals surface area contributed by atoms with Gasteiger partial charge in [0, 0.05) is 44.3 Å². The quantitative estimate of drug-likeness (QED) is 0.0890. The third kappa shape index (κ3) is 15.4. The van der Waals surface area contributed by atoms with Crippen LogP contribution in [0.5, 0.6) is 0 Å². The lowest BCUT2D eigenvalue weighted by molar-refractivity contribution is -0.142. The van der Waals surface area contributed by atoms with Crippen LogP contribution in [0.25, 0.3) is 0 Å². The van der Waals surface area contributed by atoms with E-state index in [-0.39, 0.29) is 36.9 Å². The predicted molar refractivity (Wildman–Crippen MR) is 147 cm³/mol. The summed E-state index contributed by atoms with van der Waals surface area (Å²) in [7, 11) is 4.08. The van der Waals surface area contributed by atoms with Gasteiger partial charge in [-0.05, 0) is 44.1 Å². The Labute approximate surface area is 232 Å². The van der Waals surface area contributed by atoms with E-state index in [1.54, 1.807) is 39.0 Å². The molecular weight excluding hydrogens is 506 g/mol. The van der Waals surface area contributed by atoms with Crippen molar-refractivity contribution in [2.24, 2.45) is 23.5 Å². The maximum atomic E-state index is 12.7. The first kappa shape index (κ1) is 36.2. The minimum absolute atomic E-state index is 0.0353. The highest BCUT2D eigenvalue weighted by molar-refractivity contribution is 5.82. The molecule has 0 spiro atoms. The van der Waals surface area contributed by atoms with Gasteiger partial charge in [0.2, 0.25) is 5.91 Å². The molecule has 0 aliphatic heterocycles. The van der Waals surface area contributed by atoms with Crippen molar-refractivity contribution in [3.8, 4) is 0 Å². The van der Waals surface area contributed by atoms with Gasteiger partial charge >= 0.3 is 11.9 Å². The van der Waals surface area contributed by atoms with Gasteiger partial charge in [-0.1, -0.05) is 38.2 Å². The van der Waals surface area contributed by atoms with E-state index in [0.29, 0.717) is 31.3 Å². The van der Waals surface area contributed by atoms with Crippen molar-refractivity contribution in [1.82, 2.24) is 0 Å². The topological polar surface area (TPSA) is 162 Å². The lowest BCUT2D eigenvalue weighted by Gasteiger charge is -2.25. The van der Waals surface area contributed by atoms with E-state index in [1.165, 1.54) is 27.4 Å². The fraction of sp³-hybridized carbons (Fsp3) is 0.655. The van der Waals surface area contributed by atoms with E-state index in [1.807, 2.05) is 6.08 Å². The van der Waals surface area contributed by atoms with Crippen LogP contribution in [0.15, 0.2) is 36.0 Å². The molecule has 222 valence electrons. The summed E-state index contributed by atoms with van der Waals surface area (Å²) >= 11 is 0. The summed E-state index contributed by atoms with van der Waals surface area (Å²) in [6, 6.07) is 0. The van der Waals surface area contributed by atoms with Gasteiger partial charge in [0.05, 0.1) is 26.4 Å². The van der Waals surface area contributed by atoms with Crippen LogP contribution in [-0.4, -0.2) is 73.5 Å². The Morgan fingerprint density at radius 1 is 0.949 bits per heavy atom. The zero-order valence-electron chi connectivity index (χ0n) is 24.1. The zero-order chi connectivity index (χ0) is 30.0. The van der Waals surface area contributed by atoms with E-state index in [0.717, 1.165) is 0 Å². The van der Waals surface area contributed by atoms with Crippen molar-refractivity contribution in [2.45, 2.75) is 84.0 Å². The lowest BCUT2D eigenvalue weighted by Crippen LogP contribution is -2.32. The van der Waals surface area contributed by atoms with E-state index in [2.05, 4.69) is 9.47 Å². The fourth-order valence-corrected chi connectivity index (χ4v) is 4.16. The molecule has 10 nitrogen and oxygen atoms in total. The third-order valence-electron chi connectivity index (χ3n) is 6.61. The number of unbranched alkanes of at least 4 members (excludes halogenated alkanes) is 1. The Morgan fingerprint density at radius 3 is 2.15 bits per heavy atom. The SMILES string of the molecule is COC(=O)/C=C/CC/C=C/C(OC)C(O)C(C)/C=C(/C)C(O)C(C)C(=O)CCCC(CC(N)=O)CC(=O)OC. The first-order chi connectivity index (χ1) is 18.4. The number of hydrogen-bond donors (Lipinski definition) is 3. The highest BCUT2D eigenvalue weighted by Crippen LogP contribution is 2.23. The van der Waals surface area contributed by atoms with Gasteiger partial charge < -0.3 is 30.2 Å². The molecule has 0 aliphatic rings. The molecule has 0 bridgehead atoms. The van der Waals surface area contributed by atoms with Gasteiger partial charge in [0.15, 0.2) is 0 Å². The van der Waals surface area contributed by atoms with Gasteiger partial charge in [-0.2, -0.15) is 0 Å². The minimum Gasteiger partial charge on any atom is -0.469 e. The number of primary amides is 1. The number of aliphatic hydroxyl groups is 2. The van der Waals surface area contributed by atoms with Gasteiger partial charge in [-0.25, -0.2) is 4.79 Å². The third-order valence-corrected chi connectivity index (χ3v) is 6.61. The number of carbonyl (C=O) groups is 4. The van der Waals surface area contributed by atoms with E-state index >= 15 is 0 Å². The molecule has 0 aromatic carbocycles. The molecule has 6 unspecified atom stereocenters. The maximum Gasteiger partial charge on any atom is 0.330 e. The zero-order valence-corrected chi connectivity index (χ0v) is 24.1. The molecule has 0 saturated carbocycles. The smallest absolute Gasteiger partial charge is 0.330 e. The van der Waals surface area contributed by atoms with Crippen LogP contribution in [0.4, 0.5) is 0 Å². The Bertz CT molecular complexity index is 865. The summed E-state index contributed by atoms with van der Waals surface area (Å²) in [5.41, 5.74) is 5.82. The molecule has 39 heavy (non-hydrogen) atoms. The molecule has 0 saturated heterocycles. The summed E-state index contributed by atoms with van der Waals surface area (Å²) in [5.74, 6) is -2.85. The van der Waals surface area contributed by atoms with Crippen LogP contribution in [-0.2, 0) is 33.4 Å². The van der Waals surface area contributed by atoms with Crippen LogP contribution in [0, 0.1) is 17.8 Å². The molecule has 0 fully saturated rings. The Hall–Kier alpha value is -2.82. The van der Waals surface area contributed by atoms with Crippen LogP contribution < -0.4 is 5.73 Å². The Morgan fingerprint density at radius 2 is 1.59 bits per heavy atom. The molecule has 10 heteroatoms. The standard InChI is InChI=1S/C29H47NO9/c1-19(16-20(2)29(36)24(37-4)14-9-7-8-10-15-26(33)38-5)28(35)21(3)23(31)13-11-12-22(17-25(30)32)18-27(34)39-6/h9-10,14-16,20-22,24,28-29,35-36H,7-8,11-13,17-18H2,1-6H3,(H2,30,32)/b14-9+,15-10+,19-16-. The van der Waals surface area contributed by atoms with Crippen LogP contribution in [0.2, 0.25) is 0 Å². The van der Waals surface area contributed by atoms with Crippen molar-refractivity contribution in [1.29, 1.82) is 0 Å². The van der Waals surface area contributed by atoms with Crippen molar-refractivity contribution < 1.29 is 43.6 Å². The number of amides is 1. The number of methoxy groups -OCH3 is 3. The molecule has 1 amide bonds. The van der Waals surface area contributed by atoms with Crippen molar-refractivity contribution in [2.75, 3.05) is 21.3 Å². The van der Waals surface area contributed by atoms with Gasteiger partial charge in [-0.15, -0.1) is 0 Å². The molecule has 4 N–H and O–H groups in total. The summed E-state index contributed by atoms with van der Waals surface area (Å²) < 4.78 is 14.6. The number of aliphatic hydroxyl groups excluding tert-OH is 2. The number of rotatable bonds is 20. The first-order valence-electron chi connectivity index (χ1n) is 13.2. The van der Waals surface area contributed by atoms with Gasteiger partial charge in [-0.3, -0.25) is 14.4 Å². The number of esters is 2. The predicted octanol–water partition coefficient (Wildman–Crippen LogP) is 2.80. The highest BCUT2D eigenvalue weighted by atomic mass is 16.5. The summed E-state index contributed by atoms with van der Waals surface area (Å²) in [6.45, 7) is 5.16. The molecule has 0 aromatic heterocycles. The number of ether oxygens (including phenoxy) is 3. The van der Waals surface area contributed by atoms with E-state index < -0.39 is 42.1 Å². The lowest BCUT2D eigenvalue weighted by atomic mass is 9.87. The van der Waals surface area contributed by atoms with Crippen molar-refractivity contribution in [3.05, 3.63) is 36.0 Å². The second kappa shape index (κ2) is 20.1. The normalized spacial score (nSPS) is 16.9. The summed E-state index contributed by atoms with van der Waals surface area (Å²) in [4.78, 5) is 46.6. The second-order valence-electron chi connectivity index (χ2n) is 9.80. The average Bonchev–Trinajstić information content (AvgIpc) is 2.90. The number of Topliss-reactive ketones (excluding diaryl/α,β-unsaturated/α-hetero) is 1. The molecule has 0 aliphatic carbocycles. The first-order valence-corrected chi connectivity index (χ1v) is 13.2. The molecule has 0 radical (unpaired) electrons. The number of nitrogens with two attached hydrogens (primary N) is 1. The molecule has 0 rings (SSSR count). The van der Waals surface area contributed by atoms with Crippen molar-refractivity contribution in [3.63, 3.8) is 0 Å². The number of carbonyl (C=O) groups excluding carboxylic acids is 4. The number of allylic oxidation sites excluding steroid dienone is 2. The Kier molecular flexibility index (Phi) is 18.7. The summed E-state index contributed by atoms with van der Waals surface area (Å²) in [6.07, 6.45) is 8.36. The second-order valence-corrected chi connectivity index (χ2v) is 9.80. The van der Waals surface area contributed by atoms with Crippen LogP contribution in [0.1, 0.15) is 65.7 Å². The van der Waals surface area contributed by atoms with Gasteiger partial charge in [0.1, 0.15) is 11.9 Å². The van der Waals surface area contributed by atoms with Crippen molar-refractivity contribution >= 4 is 23.6 Å². The van der Waals surface area contributed by atoms with Gasteiger partial charge in [0.25, 0.3) is 0 Å². The highest BCUT2D eigenvalue weighted by Gasteiger charge is 2.26. The molecule has 0 heterocycles. The number of ketones is 1. The molecular formula is C29H47NO9. The monoisotopic (exact) mass is 553 g/mol. The molecule has 0 aromatic rings. The molecule has 6 atom stereocenters. The number of hydrogen-bond acceptors (Lipinski definition) is 9. The Balaban J connectivity index is 4.93. The summed E-state index contributed by atoms with van der Waals surface area (Å²) in [5, 5.41) is 21.5. The van der Waals surface area contributed by atoms with Crippen LogP contribution in [0.3, 0.4) is 0 Å². The maximum absolute atomic E-state index is 12.7. The van der Waals surface area contributed by atoms with Crippen LogP contribution >= 0.6 is 0 Å². The van der Waals surface area contributed by atoms with E-state index in [4.69, 9.17) is 10.5 Å². The average molecular weight is 554 g/mol. The van der Waals surface area contributed by atoms with E-state index in [9.17, 15) is 29.4 Å². The minimum atomic E-state index is -1.03.